The second kappa shape index (κ2) is 19.7. The Balaban J connectivity index is -0.000000607. The van der Waals surface area contributed by atoms with E-state index in [2.05, 4.69) is 32.1 Å². The Bertz CT molecular complexity index is 912. The zero-order valence-electron chi connectivity index (χ0n) is 16.5. The van der Waals surface area contributed by atoms with Gasteiger partial charge in [-0.15, -0.1) is 0 Å². The second-order valence-electron chi connectivity index (χ2n) is 5.77. The molecule has 1 aromatic carbocycles. The summed E-state index contributed by atoms with van der Waals surface area (Å²) in [5.41, 5.74) is 5.94. The Morgan fingerprint density at radius 1 is 0.742 bits per heavy atom. The molecule has 0 N–H and O–H groups in total. The van der Waals surface area contributed by atoms with E-state index in [1.165, 1.54) is 0 Å². The average Bonchev–Trinajstić information content (AvgIpc) is 2.65. The van der Waals surface area contributed by atoms with Crippen LogP contribution in [0.4, 0.5) is 11.4 Å². The average molecular weight is 597 g/mol. The predicted molar refractivity (Wildman–Crippen MR) is 104 cm³/mol. The van der Waals surface area contributed by atoms with Crippen molar-refractivity contribution in [2.45, 2.75) is 20.3 Å². The summed E-state index contributed by atoms with van der Waals surface area (Å²) in [5.74, 6) is 0. The molecule has 31 heavy (non-hydrogen) atoms. The fourth-order valence-electron chi connectivity index (χ4n) is 2.41. The van der Waals surface area contributed by atoms with Gasteiger partial charge in [-0.2, -0.15) is 0 Å². The van der Waals surface area contributed by atoms with Crippen molar-refractivity contribution in [3.05, 3.63) is 83.4 Å². The molecule has 0 fully saturated rings. The van der Waals surface area contributed by atoms with E-state index >= 15 is 0 Å². The van der Waals surface area contributed by atoms with Gasteiger partial charge in [0.1, 0.15) is 0 Å². The summed E-state index contributed by atoms with van der Waals surface area (Å²) in [6.45, 7) is 4.09. The number of halogens is 4. The molecule has 174 valence electrons. The molecular formula is C21H20Cl4Cu2N4. The number of pyridine rings is 2. The third kappa shape index (κ3) is 12.0. The zero-order chi connectivity index (χ0) is 17.5. The Hall–Kier alpha value is -0.941. The van der Waals surface area contributed by atoms with Crippen molar-refractivity contribution in [1.29, 1.82) is 0 Å². The molecule has 10 heteroatoms. The fraction of sp³-hybridized carbons (Fsp3) is 0.143. The van der Waals surface area contributed by atoms with Crippen molar-refractivity contribution < 1.29 is 83.8 Å². The first kappa shape index (κ1) is 37.4. The van der Waals surface area contributed by atoms with Gasteiger partial charge in [0.05, 0.1) is 23.3 Å². The molecule has 2 radical (unpaired) electrons. The minimum absolute atomic E-state index is 0. The Morgan fingerprint density at radius 3 is 1.81 bits per heavy atom. The number of hydrogen-bond acceptors (Lipinski definition) is 4. The van der Waals surface area contributed by atoms with Crippen LogP contribution in [0.5, 0.6) is 0 Å². The van der Waals surface area contributed by atoms with E-state index in [9.17, 15) is 0 Å². The van der Waals surface area contributed by atoms with E-state index < -0.39 is 0 Å². The van der Waals surface area contributed by atoms with Crippen molar-refractivity contribution in [1.82, 2.24) is 9.97 Å². The second-order valence-corrected chi connectivity index (χ2v) is 5.77. The largest absolute Gasteiger partial charge is 2.00 e. The van der Waals surface area contributed by atoms with Gasteiger partial charge in [-0.1, -0.05) is 12.1 Å². The van der Waals surface area contributed by atoms with Gasteiger partial charge in [-0.25, -0.2) is 0 Å². The first-order valence-electron chi connectivity index (χ1n) is 8.21. The molecule has 0 aliphatic carbocycles. The van der Waals surface area contributed by atoms with Crippen LogP contribution in [0.3, 0.4) is 0 Å². The van der Waals surface area contributed by atoms with Crippen LogP contribution in [-0.4, -0.2) is 22.4 Å². The smallest absolute Gasteiger partial charge is 1.00 e. The molecule has 3 aromatic rings. The molecule has 0 saturated carbocycles. The molecule has 4 nitrogen and oxygen atoms in total. The third-order valence-corrected chi connectivity index (χ3v) is 3.80. The Kier molecular flexibility index (Phi) is 23.8. The number of nitrogens with zero attached hydrogens (tertiary/aromatic N) is 4. The van der Waals surface area contributed by atoms with Crippen LogP contribution >= 0.6 is 0 Å². The Morgan fingerprint density at radius 2 is 1.29 bits per heavy atom. The van der Waals surface area contributed by atoms with E-state index in [0.717, 1.165) is 40.3 Å². The molecule has 2 heterocycles. The summed E-state index contributed by atoms with van der Waals surface area (Å²) in [4.78, 5) is 17.7. The summed E-state index contributed by atoms with van der Waals surface area (Å²) in [6.07, 6.45) is 7.97. The van der Waals surface area contributed by atoms with E-state index in [1.807, 2.05) is 56.5 Å². The van der Waals surface area contributed by atoms with Gasteiger partial charge in [-0.3, -0.25) is 20.0 Å². The molecule has 0 amide bonds. The number of hydrogen-bond donors (Lipinski definition) is 0. The number of aryl methyl sites for hydroxylation is 2. The van der Waals surface area contributed by atoms with E-state index in [-0.39, 0.29) is 83.8 Å². The third-order valence-electron chi connectivity index (χ3n) is 3.80. The SMILES string of the molecule is Cc1cc(N=Cc2ccccn2)c(C)cc1N=CCc1ccccn1.[Cl-].[Cl-].[Cl-].[Cl-].[Cu+2].[Cu+2]. The van der Waals surface area contributed by atoms with Crippen LogP contribution in [-0.2, 0) is 40.6 Å². The van der Waals surface area contributed by atoms with Crippen molar-refractivity contribution in [2.75, 3.05) is 0 Å². The minimum atomic E-state index is 0. The van der Waals surface area contributed by atoms with E-state index in [1.54, 1.807) is 18.6 Å². The molecule has 2 aromatic heterocycles. The van der Waals surface area contributed by atoms with Gasteiger partial charge in [0, 0.05) is 30.7 Å². The maximum absolute atomic E-state index is 4.59. The molecule has 0 spiro atoms. The van der Waals surface area contributed by atoms with Crippen LogP contribution in [0.15, 0.2) is 70.9 Å². The van der Waals surface area contributed by atoms with Crippen LogP contribution in [0.2, 0.25) is 0 Å². The topological polar surface area (TPSA) is 50.5 Å². The number of benzene rings is 1. The van der Waals surface area contributed by atoms with Gasteiger partial charge in [0.15, 0.2) is 0 Å². The van der Waals surface area contributed by atoms with Crippen LogP contribution in [0, 0.1) is 13.8 Å². The first-order chi connectivity index (χ1) is 12.2. The maximum Gasteiger partial charge on any atom is 2.00 e. The number of aliphatic imine (C=N–C) groups is 2. The van der Waals surface area contributed by atoms with Gasteiger partial charge in [0.2, 0.25) is 0 Å². The quantitative estimate of drug-likeness (QED) is 0.217. The summed E-state index contributed by atoms with van der Waals surface area (Å²) in [6, 6.07) is 15.8. The predicted octanol–water partition coefficient (Wildman–Crippen LogP) is -7.20. The number of aromatic nitrogens is 2. The van der Waals surface area contributed by atoms with Gasteiger partial charge in [0.25, 0.3) is 0 Å². The van der Waals surface area contributed by atoms with E-state index in [0.29, 0.717) is 0 Å². The summed E-state index contributed by atoms with van der Waals surface area (Å²) >= 11 is 0. The number of rotatable bonds is 5. The Labute approximate surface area is 229 Å². The van der Waals surface area contributed by atoms with E-state index in [4.69, 9.17) is 0 Å². The molecule has 0 aliphatic heterocycles. The molecule has 0 unspecified atom stereocenters. The molecule has 0 bridgehead atoms. The van der Waals surface area contributed by atoms with Crippen molar-refractivity contribution in [2.24, 2.45) is 9.98 Å². The molecular weight excluding hydrogens is 577 g/mol. The fourth-order valence-corrected chi connectivity index (χ4v) is 2.41. The monoisotopic (exact) mass is 594 g/mol. The van der Waals surface area contributed by atoms with Crippen molar-refractivity contribution in [3.63, 3.8) is 0 Å². The summed E-state index contributed by atoms with van der Waals surface area (Å²) in [7, 11) is 0. The van der Waals surface area contributed by atoms with Gasteiger partial charge < -0.3 is 49.6 Å². The van der Waals surface area contributed by atoms with Gasteiger partial charge >= 0.3 is 34.1 Å². The molecule has 0 aliphatic rings. The van der Waals surface area contributed by atoms with Gasteiger partial charge in [-0.05, 0) is 61.4 Å². The molecule has 0 saturated heterocycles. The maximum atomic E-state index is 4.59. The molecule has 3 rings (SSSR count). The van der Waals surface area contributed by atoms with Crippen LogP contribution in [0.25, 0.3) is 0 Å². The van der Waals surface area contributed by atoms with Crippen molar-refractivity contribution >= 4 is 23.8 Å². The standard InChI is InChI=1S/C21H20N4.4ClH.2Cu/c1-16-14-21(25-15-19-8-4-6-11-23-19)17(2)13-20(16)24-12-9-18-7-3-5-10-22-18;;;;;;/h3-8,10-15H,9H2,1-2H3;4*1H;;/q;;;;;2*+2/p-4. The van der Waals surface area contributed by atoms with Crippen LogP contribution < -0.4 is 49.6 Å². The zero-order valence-corrected chi connectivity index (χ0v) is 21.4. The van der Waals surface area contributed by atoms with Crippen molar-refractivity contribution in [3.8, 4) is 0 Å². The summed E-state index contributed by atoms with van der Waals surface area (Å²) < 4.78 is 0. The summed E-state index contributed by atoms with van der Waals surface area (Å²) in [5, 5.41) is 0. The minimum Gasteiger partial charge on any atom is -1.00 e. The van der Waals surface area contributed by atoms with Crippen LogP contribution in [0.1, 0.15) is 22.5 Å². The molecule has 0 atom stereocenters. The first-order valence-corrected chi connectivity index (χ1v) is 8.21. The normalized spacial score (nSPS) is 9.23.